The van der Waals surface area contributed by atoms with E-state index in [2.05, 4.69) is 48.4 Å². The van der Waals surface area contributed by atoms with Gasteiger partial charge in [0.1, 0.15) is 10.4 Å². The summed E-state index contributed by atoms with van der Waals surface area (Å²) in [6, 6.07) is 12.5. The third-order valence-corrected chi connectivity index (χ3v) is 6.13. The highest BCUT2D eigenvalue weighted by molar-refractivity contribution is 7.17. The summed E-state index contributed by atoms with van der Waals surface area (Å²) < 4.78 is 0.690. The fourth-order valence-electron chi connectivity index (χ4n) is 3.96. The second-order valence-electron chi connectivity index (χ2n) is 7.31. The molecule has 2 heterocycles. The number of phenolic OH excluding ortho intramolecular Hbond substituents is 1. The summed E-state index contributed by atoms with van der Waals surface area (Å²) in [7, 11) is 0. The maximum Gasteiger partial charge on any atom is 0.266 e. The van der Waals surface area contributed by atoms with Gasteiger partial charge in [-0.3, -0.25) is 4.79 Å². The van der Waals surface area contributed by atoms with Crippen LogP contribution >= 0.6 is 11.3 Å². The van der Waals surface area contributed by atoms with E-state index in [9.17, 15) is 9.90 Å². The molecule has 0 bridgehead atoms. The fourth-order valence-corrected chi connectivity index (χ4v) is 4.75. The van der Waals surface area contributed by atoms with E-state index >= 15 is 0 Å². The van der Waals surface area contributed by atoms with Crippen molar-refractivity contribution in [3.63, 3.8) is 0 Å². The molecule has 4 rings (SSSR count). The molecule has 0 aliphatic rings. The lowest BCUT2D eigenvalue weighted by Gasteiger charge is -2.15. The number of H-pyrrole nitrogens is 1. The molecular formula is C23H24N2O2S. The van der Waals surface area contributed by atoms with Crippen molar-refractivity contribution in [2.75, 3.05) is 6.54 Å². The molecule has 2 aromatic heterocycles. The van der Waals surface area contributed by atoms with E-state index in [-0.39, 0.29) is 11.3 Å². The zero-order chi connectivity index (χ0) is 19.8. The Bertz CT molecular complexity index is 1210. The van der Waals surface area contributed by atoms with E-state index in [4.69, 9.17) is 0 Å². The molecule has 28 heavy (non-hydrogen) atoms. The van der Waals surface area contributed by atoms with Gasteiger partial charge in [-0.15, -0.1) is 11.3 Å². The van der Waals surface area contributed by atoms with Crippen molar-refractivity contribution in [1.82, 2.24) is 10.3 Å². The van der Waals surface area contributed by atoms with Gasteiger partial charge in [0.05, 0.1) is 5.52 Å². The van der Waals surface area contributed by atoms with E-state index in [0.717, 1.165) is 45.9 Å². The maximum atomic E-state index is 12.4. The number of aromatic nitrogens is 1. The Balaban J connectivity index is 1.89. The Hall–Kier alpha value is -2.63. The summed E-state index contributed by atoms with van der Waals surface area (Å²) in [4.78, 5) is 15.4. The Morgan fingerprint density at radius 2 is 1.96 bits per heavy atom. The largest absolute Gasteiger partial charge is 0.507 e. The molecule has 0 spiro atoms. The third-order valence-electron chi connectivity index (χ3n) is 5.22. The van der Waals surface area contributed by atoms with Crippen LogP contribution in [0.15, 0.2) is 46.6 Å². The topological polar surface area (TPSA) is 65.1 Å². The fraction of sp³-hybridized carbons (Fsp3) is 0.261. The van der Waals surface area contributed by atoms with Crippen LogP contribution in [0.5, 0.6) is 5.75 Å². The first kappa shape index (κ1) is 18.7. The van der Waals surface area contributed by atoms with Crippen LogP contribution in [0.3, 0.4) is 0 Å². The van der Waals surface area contributed by atoms with Gasteiger partial charge in [-0.1, -0.05) is 31.2 Å². The first-order valence-corrected chi connectivity index (χ1v) is 10.5. The summed E-state index contributed by atoms with van der Waals surface area (Å²) >= 11 is 1.43. The molecule has 1 atom stereocenters. The van der Waals surface area contributed by atoms with E-state index < -0.39 is 0 Å². The molecule has 144 valence electrons. The van der Waals surface area contributed by atoms with Crippen molar-refractivity contribution in [3.8, 4) is 16.9 Å². The van der Waals surface area contributed by atoms with Crippen LogP contribution in [-0.4, -0.2) is 22.7 Å². The third kappa shape index (κ3) is 3.21. The number of benzene rings is 2. The molecule has 0 fully saturated rings. The maximum absolute atomic E-state index is 12.4. The predicted octanol–water partition coefficient (Wildman–Crippen LogP) is 4.96. The van der Waals surface area contributed by atoms with Crippen LogP contribution in [0.25, 0.3) is 32.1 Å². The van der Waals surface area contributed by atoms with E-state index in [1.165, 1.54) is 16.9 Å². The van der Waals surface area contributed by atoms with Crippen LogP contribution in [0.4, 0.5) is 0 Å². The molecule has 0 saturated carbocycles. The van der Waals surface area contributed by atoms with Gasteiger partial charge in [0, 0.05) is 22.4 Å². The highest BCUT2D eigenvalue weighted by Crippen LogP contribution is 2.41. The van der Waals surface area contributed by atoms with E-state index in [0.29, 0.717) is 10.7 Å². The van der Waals surface area contributed by atoms with Crippen LogP contribution in [0.1, 0.15) is 25.0 Å². The zero-order valence-corrected chi connectivity index (χ0v) is 17.1. The molecule has 3 N–H and O–H groups in total. The minimum Gasteiger partial charge on any atom is -0.507 e. The SMILES string of the molecule is CCNC(C)Cc1ccc(-c2c(O)cc(C)c3[nH]c(=O)c4sccc4c23)cc1. The van der Waals surface area contributed by atoms with Gasteiger partial charge in [0.15, 0.2) is 0 Å². The van der Waals surface area contributed by atoms with Gasteiger partial charge in [-0.05, 0) is 61.0 Å². The first-order chi connectivity index (χ1) is 13.5. The number of pyridine rings is 1. The smallest absolute Gasteiger partial charge is 0.266 e. The molecule has 4 nitrogen and oxygen atoms in total. The van der Waals surface area contributed by atoms with Crippen molar-refractivity contribution in [1.29, 1.82) is 0 Å². The summed E-state index contributed by atoms with van der Waals surface area (Å²) in [5, 5.41) is 17.9. The quantitative estimate of drug-likeness (QED) is 0.449. The number of likely N-dealkylation sites (N-methyl/N-ethyl adjacent to an activating group) is 1. The molecular weight excluding hydrogens is 368 g/mol. The molecule has 0 amide bonds. The minimum atomic E-state index is -0.0787. The molecule has 0 aliphatic heterocycles. The predicted molar refractivity (Wildman–Crippen MR) is 119 cm³/mol. The molecule has 0 radical (unpaired) electrons. The van der Waals surface area contributed by atoms with Crippen molar-refractivity contribution >= 4 is 32.3 Å². The molecule has 2 aromatic carbocycles. The van der Waals surface area contributed by atoms with E-state index in [1.54, 1.807) is 6.07 Å². The number of aromatic amines is 1. The Morgan fingerprint density at radius 1 is 1.21 bits per heavy atom. The Morgan fingerprint density at radius 3 is 2.68 bits per heavy atom. The number of fused-ring (bicyclic) bond motifs is 3. The molecule has 4 aromatic rings. The summed E-state index contributed by atoms with van der Waals surface area (Å²) in [5.41, 5.74) is 4.53. The first-order valence-electron chi connectivity index (χ1n) is 9.58. The van der Waals surface area contributed by atoms with Crippen LogP contribution in [-0.2, 0) is 6.42 Å². The highest BCUT2D eigenvalue weighted by atomic mass is 32.1. The standard InChI is InChI=1S/C23H24N2O2S/c1-4-24-14(3)12-15-5-7-16(8-6-15)19-18(26)11-13(2)21-20(19)17-9-10-28-22(17)23(27)25-21/h5-11,14,24,26H,4,12H2,1-3H3,(H,25,27). The van der Waals surface area contributed by atoms with Crippen LogP contribution in [0.2, 0.25) is 0 Å². The van der Waals surface area contributed by atoms with Gasteiger partial charge < -0.3 is 15.4 Å². The second kappa shape index (κ2) is 7.41. The Kier molecular flexibility index (Phi) is 4.96. The number of rotatable bonds is 5. The number of nitrogens with one attached hydrogen (secondary N) is 2. The summed E-state index contributed by atoms with van der Waals surface area (Å²) in [6.45, 7) is 7.16. The summed E-state index contributed by atoms with van der Waals surface area (Å²) in [6.07, 6.45) is 0.955. The number of aryl methyl sites for hydroxylation is 1. The lowest BCUT2D eigenvalue weighted by Crippen LogP contribution is -2.27. The average molecular weight is 393 g/mol. The Labute approximate surface area is 167 Å². The highest BCUT2D eigenvalue weighted by Gasteiger charge is 2.17. The molecule has 0 aliphatic carbocycles. The minimum absolute atomic E-state index is 0.0787. The monoisotopic (exact) mass is 392 g/mol. The lowest BCUT2D eigenvalue weighted by atomic mass is 9.94. The average Bonchev–Trinajstić information content (AvgIpc) is 3.15. The number of hydrogen-bond acceptors (Lipinski definition) is 4. The zero-order valence-electron chi connectivity index (χ0n) is 16.3. The van der Waals surface area contributed by atoms with Crippen LogP contribution < -0.4 is 10.9 Å². The van der Waals surface area contributed by atoms with Gasteiger partial charge in [-0.2, -0.15) is 0 Å². The van der Waals surface area contributed by atoms with Gasteiger partial charge in [-0.25, -0.2) is 0 Å². The van der Waals surface area contributed by atoms with Crippen LogP contribution in [0, 0.1) is 6.92 Å². The second-order valence-corrected chi connectivity index (χ2v) is 8.23. The molecule has 5 heteroatoms. The number of thiophene rings is 1. The van der Waals surface area contributed by atoms with Crippen molar-refractivity contribution in [3.05, 3.63) is 63.3 Å². The normalized spacial score (nSPS) is 12.7. The lowest BCUT2D eigenvalue weighted by molar-refractivity contribution is 0.477. The van der Waals surface area contributed by atoms with Gasteiger partial charge in [0.2, 0.25) is 0 Å². The summed E-state index contributed by atoms with van der Waals surface area (Å²) in [5.74, 6) is 0.235. The number of hydrogen-bond donors (Lipinski definition) is 3. The molecule has 0 saturated heterocycles. The van der Waals surface area contributed by atoms with Crippen molar-refractivity contribution in [2.45, 2.75) is 33.2 Å². The van der Waals surface area contributed by atoms with Crippen molar-refractivity contribution < 1.29 is 5.11 Å². The number of phenols is 1. The van der Waals surface area contributed by atoms with Crippen molar-refractivity contribution in [2.24, 2.45) is 0 Å². The molecule has 1 unspecified atom stereocenters. The van der Waals surface area contributed by atoms with Gasteiger partial charge in [0.25, 0.3) is 5.56 Å². The van der Waals surface area contributed by atoms with Gasteiger partial charge >= 0.3 is 0 Å². The van der Waals surface area contributed by atoms with E-state index in [1.807, 2.05) is 18.4 Å². The number of aromatic hydroxyl groups is 1.